The van der Waals surface area contributed by atoms with E-state index in [2.05, 4.69) is 9.97 Å². The van der Waals surface area contributed by atoms with Gasteiger partial charge in [-0.1, -0.05) is 0 Å². The maximum atomic E-state index is 13.6. The zero-order valence-electron chi connectivity index (χ0n) is 11.7. The smallest absolute Gasteiger partial charge is 0.125 e. The first-order valence-electron chi connectivity index (χ1n) is 6.79. The molecule has 3 aromatic rings. The standard InChI is InChI=1S/C16H15ClFN3/c1-11-5-7-19-9-12(11)10-21-15-8-13(18)2-3-14(15)20-16(21)4-6-17/h2-3,5,7-9H,4,6,10H2,1H3. The summed E-state index contributed by atoms with van der Waals surface area (Å²) in [4.78, 5) is 8.73. The maximum absolute atomic E-state index is 13.6. The van der Waals surface area contributed by atoms with Crippen LogP contribution in [-0.2, 0) is 13.0 Å². The highest BCUT2D eigenvalue weighted by atomic mass is 35.5. The predicted octanol–water partition coefficient (Wildman–Crippen LogP) is 3.71. The van der Waals surface area contributed by atoms with Crippen molar-refractivity contribution in [1.29, 1.82) is 0 Å². The van der Waals surface area contributed by atoms with Crippen molar-refractivity contribution >= 4 is 22.6 Å². The Morgan fingerprint density at radius 1 is 1.29 bits per heavy atom. The number of rotatable bonds is 4. The molecule has 0 aliphatic heterocycles. The fourth-order valence-corrected chi connectivity index (χ4v) is 2.60. The van der Waals surface area contributed by atoms with E-state index in [9.17, 15) is 4.39 Å². The van der Waals surface area contributed by atoms with Crippen LogP contribution in [0.2, 0.25) is 0 Å². The number of aromatic nitrogens is 3. The summed E-state index contributed by atoms with van der Waals surface area (Å²) in [5.41, 5.74) is 3.83. The molecule has 0 saturated carbocycles. The van der Waals surface area contributed by atoms with E-state index in [1.807, 2.05) is 23.8 Å². The molecule has 2 heterocycles. The summed E-state index contributed by atoms with van der Waals surface area (Å²) in [5, 5.41) is 0. The lowest BCUT2D eigenvalue weighted by molar-refractivity contribution is 0.628. The van der Waals surface area contributed by atoms with Gasteiger partial charge >= 0.3 is 0 Å². The van der Waals surface area contributed by atoms with Crippen LogP contribution in [0.3, 0.4) is 0 Å². The molecule has 0 spiro atoms. The van der Waals surface area contributed by atoms with Gasteiger partial charge in [0.25, 0.3) is 0 Å². The molecule has 0 unspecified atom stereocenters. The highest BCUT2D eigenvalue weighted by Crippen LogP contribution is 2.20. The summed E-state index contributed by atoms with van der Waals surface area (Å²) < 4.78 is 15.6. The third kappa shape index (κ3) is 2.76. The van der Waals surface area contributed by atoms with E-state index in [4.69, 9.17) is 11.6 Å². The quantitative estimate of drug-likeness (QED) is 0.688. The number of alkyl halides is 1. The van der Waals surface area contributed by atoms with Crippen LogP contribution in [0.5, 0.6) is 0 Å². The topological polar surface area (TPSA) is 30.7 Å². The van der Waals surface area contributed by atoms with E-state index in [-0.39, 0.29) is 5.82 Å². The third-order valence-corrected chi connectivity index (χ3v) is 3.77. The second-order valence-corrected chi connectivity index (χ2v) is 5.37. The van der Waals surface area contributed by atoms with Crippen molar-refractivity contribution in [2.45, 2.75) is 19.9 Å². The van der Waals surface area contributed by atoms with E-state index < -0.39 is 0 Å². The maximum Gasteiger partial charge on any atom is 0.125 e. The molecule has 5 heteroatoms. The minimum atomic E-state index is -0.260. The number of nitrogens with zero attached hydrogens (tertiary/aromatic N) is 3. The Morgan fingerprint density at radius 3 is 2.90 bits per heavy atom. The first-order chi connectivity index (χ1) is 10.2. The summed E-state index contributed by atoms with van der Waals surface area (Å²) >= 11 is 5.86. The largest absolute Gasteiger partial charge is 0.323 e. The van der Waals surface area contributed by atoms with Crippen molar-refractivity contribution in [2.75, 3.05) is 5.88 Å². The molecular weight excluding hydrogens is 289 g/mol. The Morgan fingerprint density at radius 2 is 2.14 bits per heavy atom. The van der Waals surface area contributed by atoms with Crippen LogP contribution in [-0.4, -0.2) is 20.4 Å². The Bertz CT molecular complexity index is 782. The lowest BCUT2D eigenvalue weighted by Gasteiger charge is -2.10. The molecule has 0 aliphatic rings. The van der Waals surface area contributed by atoms with Gasteiger partial charge in [-0.25, -0.2) is 9.37 Å². The number of halogens is 2. The van der Waals surface area contributed by atoms with Crippen molar-refractivity contribution < 1.29 is 4.39 Å². The Kier molecular flexibility index (Phi) is 3.88. The number of pyridine rings is 1. The van der Waals surface area contributed by atoms with Crippen LogP contribution >= 0.6 is 11.6 Å². The summed E-state index contributed by atoms with van der Waals surface area (Å²) in [7, 11) is 0. The Labute approximate surface area is 127 Å². The minimum Gasteiger partial charge on any atom is -0.323 e. The highest BCUT2D eigenvalue weighted by Gasteiger charge is 2.12. The molecule has 0 radical (unpaired) electrons. The van der Waals surface area contributed by atoms with Crippen molar-refractivity contribution in [3.05, 3.63) is 59.4 Å². The monoisotopic (exact) mass is 303 g/mol. The first kappa shape index (κ1) is 14.0. The lowest BCUT2D eigenvalue weighted by atomic mass is 10.1. The van der Waals surface area contributed by atoms with Crippen molar-refractivity contribution in [3.63, 3.8) is 0 Å². The van der Waals surface area contributed by atoms with Gasteiger partial charge < -0.3 is 4.57 Å². The van der Waals surface area contributed by atoms with Crippen LogP contribution < -0.4 is 0 Å². The number of fused-ring (bicyclic) bond motifs is 1. The van der Waals surface area contributed by atoms with Gasteiger partial charge in [-0.05, 0) is 42.3 Å². The SMILES string of the molecule is Cc1ccncc1Cn1c(CCCl)nc2ccc(F)cc21. The molecule has 3 nitrogen and oxygen atoms in total. The van der Waals surface area contributed by atoms with Crippen LogP contribution in [0.1, 0.15) is 17.0 Å². The van der Waals surface area contributed by atoms with Gasteiger partial charge in [-0.2, -0.15) is 0 Å². The van der Waals surface area contributed by atoms with Crippen molar-refractivity contribution in [2.24, 2.45) is 0 Å². The average Bonchev–Trinajstić information content (AvgIpc) is 2.79. The molecular formula is C16H15ClFN3. The molecule has 0 fully saturated rings. The number of imidazole rings is 1. The van der Waals surface area contributed by atoms with Gasteiger partial charge in [0.2, 0.25) is 0 Å². The molecule has 2 aromatic heterocycles. The fourth-order valence-electron chi connectivity index (χ4n) is 2.43. The number of aryl methyl sites for hydroxylation is 2. The van der Waals surface area contributed by atoms with Crippen LogP contribution in [0.4, 0.5) is 4.39 Å². The van der Waals surface area contributed by atoms with Gasteiger partial charge in [-0.15, -0.1) is 11.6 Å². The van der Waals surface area contributed by atoms with Crippen LogP contribution in [0.25, 0.3) is 11.0 Å². The van der Waals surface area contributed by atoms with E-state index in [0.29, 0.717) is 18.8 Å². The second-order valence-electron chi connectivity index (χ2n) is 4.99. The molecule has 21 heavy (non-hydrogen) atoms. The third-order valence-electron chi connectivity index (χ3n) is 3.58. The van der Waals surface area contributed by atoms with E-state index >= 15 is 0 Å². The van der Waals surface area contributed by atoms with Crippen LogP contribution in [0, 0.1) is 12.7 Å². The molecule has 0 bridgehead atoms. The number of hydrogen-bond donors (Lipinski definition) is 0. The van der Waals surface area contributed by atoms with Gasteiger partial charge in [-0.3, -0.25) is 4.98 Å². The van der Waals surface area contributed by atoms with E-state index in [1.165, 1.54) is 12.1 Å². The number of benzene rings is 1. The van der Waals surface area contributed by atoms with Crippen LogP contribution in [0.15, 0.2) is 36.7 Å². The molecule has 0 amide bonds. The van der Waals surface area contributed by atoms with Gasteiger partial charge in [0, 0.05) is 24.7 Å². The van der Waals surface area contributed by atoms with E-state index in [1.54, 1.807) is 12.3 Å². The lowest BCUT2D eigenvalue weighted by Crippen LogP contribution is -2.07. The van der Waals surface area contributed by atoms with E-state index in [0.717, 1.165) is 28.0 Å². The molecule has 3 rings (SSSR count). The van der Waals surface area contributed by atoms with Crippen molar-refractivity contribution in [3.8, 4) is 0 Å². The minimum absolute atomic E-state index is 0.260. The molecule has 0 aliphatic carbocycles. The molecule has 0 atom stereocenters. The molecule has 0 saturated heterocycles. The second kappa shape index (κ2) is 5.82. The zero-order valence-corrected chi connectivity index (χ0v) is 12.4. The Hall–Kier alpha value is -1.94. The average molecular weight is 304 g/mol. The Balaban J connectivity index is 2.12. The van der Waals surface area contributed by atoms with Gasteiger partial charge in [0.05, 0.1) is 17.6 Å². The van der Waals surface area contributed by atoms with Gasteiger partial charge in [0.1, 0.15) is 11.6 Å². The first-order valence-corrected chi connectivity index (χ1v) is 7.32. The summed E-state index contributed by atoms with van der Waals surface area (Å²) in [5.74, 6) is 1.09. The zero-order chi connectivity index (χ0) is 14.8. The molecule has 108 valence electrons. The predicted molar refractivity (Wildman–Crippen MR) is 82.2 cm³/mol. The molecule has 1 aromatic carbocycles. The highest BCUT2D eigenvalue weighted by molar-refractivity contribution is 6.17. The summed E-state index contributed by atoms with van der Waals surface area (Å²) in [6.07, 6.45) is 4.26. The molecule has 0 N–H and O–H groups in total. The normalized spacial score (nSPS) is 11.2. The van der Waals surface area contributed by atoms with Crippen molar-refractivity contribution in [1.82, 2.24) is 14.5 Å². The number of hydrogen-bond acceptors (Lipinski definition) is 2. The summed E-state index contributed by atoms with van der Waals surface area (Å²) in [6.45, 7) is 2.66. The summed E-state index contributed by atoms with van der Waals surface area (Å²) in [6, 6.07) is 6.62. The van der Waals surface area contributed by atoms with Gasteiger partial charge in [0.15, 0.2) is 0 Å². The fraction of sp³-hybridized carbons (Fsp3) is 0.250.